The van der Waals surface area contributed by atoms with Crippen molar-refractivity contribution in [3.63, 3.8) is 0 Å². The lowest BCUT2D eigenvalue weighted by Crippen LogP contribution is -2.35. The van der Waals surface area contributed by atoms with E-state index in [1.807, 2.05) is 6.21 Å². The van der Waals surface area contributed by atoms with Crippen LogP contribution in [0.2, 0.25) is 0 Å². The molecule has 1 fully saturated rings. The highest BCUT2D eigenvalue weighted by atomic mass is 14.9. The molecule has 0 aliphatic carbocycles. The van der Waals surface area contributed by atoms with Crippen LogP contribution in [0.25, 0.3) is 0 Å². The number of hydrogen-bond donors (Lipinski definition) is 1. The quantitative estimate of drug-likeness (QED) is 0.624. The van der Waals surface area contributed by atoms with Crippen molar-refractivity contribution in [3.8, 4) is 0 Å². The highest BCUT2D eigenvalue weighted by Crippen LogP contribution is 2.17. The summed E-state index contributed by atoms with van der Waals surface area (Å²) in [4.78, 5) is 4.34. The summed E-state index contributed by atoms with van der Waals surface area (Å²) in [6, 6.07) is 0.996. The average molecular weight is 164 g/mol. The minimum absolute atomic E-state index is 0.406. The first kappa shape index (κ1) is 7.99. The minimum Gasteiger partial charge on any atom is -0.310 e. The number of aliphatic imine (C=N–C) groups is 1. The molecule has 0 aromatic heterocycles. The third kappa shape index (κ3) is 1.58. The van der Waals surface area contributed by atoms with Crippen LogP contribution in [0.3, 0.4) is 0 Å². The molecule has 0 saturated carbocycles. The van der Waals surface area contributed by atoms with Gasteiger partial charge in [-0.05, 0) is 31.9 Å². The van der Waals surface area contributed by atoms with E-state index in [0.29, 0.717) is 12.1 Å². The summed E-state index contributed by atoms with van der Waals surface area (Å²) in [5.41, 5.74) is 1.40. The first-order valence-corrected chi connectivity index (χ1v) is 4.84. The molecule has 0 aromatic rings. The van der Waals surface area contributed by atoms with Crippen LogP contribution in [0.4, 0.5) is 0 Å². The van der Waals surface area contributed by atoms with E-state index in [0.717, 1.165) is 0 Å². The van der Waals surface area contributed by atoms with Crippen molar-refractivity contribution in [2.24, 2.45) is 4.99 Å². The molecule has 2 aliphatic heterocycles. The van der Waals surface area contributed by atoms with E-state index in [2.05, 4.69) is 23.3 Å². The second-order valence-electron chi connectivity index (χ2n) is 3.69. The smallest absolute Gasteiger partial charge is 0.0658 e. The Morgan fingerprint density at radius 2 is 2.42 bits per heavy atom. The van der Waals surface area contributed by atoms with Gasteiger partial charge >= 0.3 is 0 Å². The van der Waals surface area contributed by atoms with Crippen LogP contribution < -0.4 is 5.32 Å². The number of nitrogens with zero attached hydrogens (tertiary/aromatic N) is 1. The molecule has 0 amide bonds. The molecule has 2 atom stereocenters. The predicted molar refractivity (Wildman–Crippen MR) is 51.7 cm³/mol. The Kier molecular flexibility index (Phi) is 2.26. The fraction of sp³-hybridized carbons (Fsp3) is 0.700. The zero-order valence-corrected chi connectivity index (χ0v) is 7.59. The molecule has 2 rings (SSSR count). The lowest BCUT2D eigenvalue weighted by atomic mass is 9.98. The lowest BCUT2D eigenvalue weighted by Gasteiger charge is -2.23. The Hall–Kier alpha value is -0.630. The SMILES string of the molecule is CC1C=C([C@@H]2CCCCN2)C=N1. The molecule has 1 N–H and O–H groups in total. The first-order chi connectivity index (χ1) is 5.86. The van der Waals surface area contributed by atoms with E-state index < -0.39 is 0 Å². The predicted octanol–water partition coefficient (Wildman–Crippen LogP) is 1.53. The van der Waals surface area contributed by atoms with Gasteiger partial charge in [-0.3, -0.25) is 4.99 Å². The minimum atomic E-state index is 0.406. The first-order valence-electron chi connectivity index (χ1n) is 4.84. The van der Waals surface area contributed by atoms with E-state index >= 15 is 0 Å². The van der Waals surface area contributed by atoms with Crippen LogP contribution in [0.1, 0.15) is 26.2 Å². The standard InChI is InChI=1S/C10H16N2/c1-8-6-9(7-12-8)10-4-2-3-5-11-10/h6-8,10-11H,2-5H2,1H3/t8?,10-/m0/s1. The normalized spacial score (nSPS) is 35.2. The Balaban J connectivity index is 1.99. The Bertz CT molecular complexity index is 212. The molecule has 0 aromatic carbocycles. The van der Waals surface area contributed by atoms with Gasteiger partial charge in [0, 0.05) is 12.3 Å². The van der Waals surface area contributed by atoms with E-state index in [1.165, 1.54) is 31.4 Å². The van der Waals surface area contributed by atoms with E-state index in [-0.39, 0.29) is 0 Å². The van der Waals surface area contributed by atoms with Crippen LogP contribution in [-0.2, 0) is 0 Å². The third-order valence-corrected chi connectivity index (χ3v) is 2.61. The zero-order valence-electron chi connectivity index (χ0n) is 7.59. The molecule has 0 radical (unpaired) electrons. The summed E-state index contributed by atoms with van der Waals surface area (Å²) in [6.45, 7) is 3.30. The molecule has 2 heteroatoms. The van der Waals surface area contributed by atoms with Gasteiger partial charge in [0.05, 0.1) is 6.04 Å². The molecule has 1 saturated heterocycles. The third-order valence-electron chi connectivity index (χ3n) is 2.61. The maximum atomic E-state index is 4.34. The summed E-state index contributed by atoms with van der Waals surface area (Å²) < 4.78 is 0. The summed E-state index contributed by atoms with van der Waals surface area (Å²) in [6.07, 6.45) is 8.27. The highest BCUT2D eigenvalue weighted by molar-refractivity contribution is 5.83. The summed E-state index contributed by atoms with van der Waals surface area (Å²) in [5, 5.41) is 3.52. The van der Waals surface area contributed by atoms with Crippen molar-refractivity contribution in [2.75, 3.05) is 6.54 Å². The van der Waals surface area contributed by atoms with Gasteiger partial charge in [-0.25, -0.2) is 0 Å². The van der Waals surface area contributed by atoms with Crippen LogP contribution in [0.5, 0.6) is 0 Å². The average Bonchev–Trinajstić information content (AvgIpc) is 2.54. The number of hydrogen-bond acceptors (Lipinski definition) is 2. The summed E-state index contributed by atoms with van der Waals surface area (Å²) in [5.74, 6) is 0. The molecule has 66 valence electrons. The number of rotatable bonds is 1. The summed E-state index contributed by atoms with van der Waals surface area (Å²) >= 11 is 0. The second kappa shape index (κ2) is 3.40. The zero-order chi connectivity index (χ0) is 8.39. The Morgan fingerprint density at radius 3 is 3.00 bits per heavy atom. The maximum Gasteiger partial charge on any atom is 0.0658 e. The van der Waals surface area contributed by atoms with Gasteiger partial charge < -0.3 is 5.32 Å². The van der Waals surface area contributed by atoms with Crippen LogP contribution in [-0.4, -0.2) is 24.8 Å². The fourth-order valence-corrected chi connectivity index (χ4v) is 1.91. The van der Waals surface area contributed by atoms with Crippen LogP contribution >= 0.6 is 0 Å². The van der Waals surface area contributed by atoms with Crippen molar-refractivity contribution >= 4 is 6.21 Å². The number of nitrogens with one attached hydrogen (secondary N) is 1. The molecule has 2 heterocycles. The monoisotopic (exact) mass is 164 g/mol. The summed E-state index contributed by atoms with van der Waals surface area (Å²) in [7, 11) is 0. The molecule has 12 heavy (non-hydrogen) atoms. The molecular weight excluding hydrogens is 148 g/mol. The van der Waals surface area contributed by atoms with E-state index in [4.69, 9.17) is 0 Å². The topological polar surface area (TPSA) is 24.4 Å². The molecular formula is C10H16N2. The Morgan fingerprint density at radius 1 is 1.50 bits per heavy atom. The van der Waals surface area contributed by atoms with E-state index in [1.54, 1.807) is 0 Å². The van der Waals surface area contributed by atoms with Gasteiger partial charge in [-0.1, -0.05) is 12.5 Å². The fourth-order valence-electron chi connectivity index (χ4n) is 1.91. The van der Waals surface area contributed by atoms with Gasteiger partial charge in [0.1, 0.15) is 0 Å². The van der Waals surface area contributed by atoms with Gasteiger partial charge in [0.25, 0.3) is 0 Å². The van der Waals surface area contributed by atoms with Crippen molar-refractivity contribution < 1.29 is 0 Å². The van der Waals surface area contributed by atoms with Crippen LogP contribution in [0.15, 0.2) is 16.6 Å². The molecule has 2 nitrogen and oxygen atoms in total. The van der Waals surface area contributed by atoms with Crippen LogP contribution in [0, 0.1) is 0 Å². The van der Waals surface area contributed by atoms with Crippen molar-refractivity contribution in [3.05, 3.63) is 11.6 Å². The van der Waals surface area contributed by atoms with Gasteiger partial charge in [0.2, 0.25) is 0 Å². The van der Waals surface area contributed by atoms with Crippen molar-refractivity contribution in [1.29, 1.82) is 0 Å². The lowest BCUT2D eigenvalue weighted by molar-refractivity contribution is 0.448. The van der Waals surface area contributed by atoms with Crippen molar-refractivity contribution in [1.82, 2.24) is 5.32 Å². The maximum absolute atomic E-state index is 4.34. The molecule has 0 spiro atoms. The van der Waals surface area contributed by atoms with Crippen molar-refractivity contribution in [2.45, 2.75) is 38.3 Å². The van der Waals surface area contributed by atoms with Gasteiger partial charge in [-0.15, -0.1) is 0 Å². The Labute approximate surface area is 73.8 Å². The van der Waals surface area contributed by atoms with Gasteiger partial charge in [0.15, 0.2) is 0 Å². The highest BCUT2D eigenvalue weighted by Gasteiger charge is 2.18. The molecule has 0 bridgehead atoms. The molecule has 1 unspecified atom stereocenters. The second-order valence-corrected chi connectivity index (χ2v) is 3.69. The van der Waals surface area contributed by atoms with E-state index in [9.17, 15) is 0 Å². The van der Waals surface area contributed by atoms with Gasteiger partial charge in [-0.2, -0.15) is 0 Å². The number of piperidine rings is 1. The molecule has 2 aliphatic rings. The largest absolute Gasteiger partial charge is 0.310 e.